The highest BCUT2D eigenvalue weighted by Crippen LogP contribution is 2.33. The lowest BCUT2D eigenvalue weighted by Crippen LogP contribution is -2.03. The molecule has 6 rings (SSSR count). The molecule has 0 radical (unpaired) electrons. The Hall–Kier alpha value is -3.38. The van der Waals surface area contributed by atoms with Crippen molar-refractivity contribution < 1.29 is 14.2 Å². The third-order valence-electron chi connectivity index (χ3n) is 5.77. The van der Waals surface area contributed by atoms with Gasteiger partial charge in [0.15, 0.2) is 0 Å². The maximum atomic E-state index is 12.6. The summed E-state index contributed by atoms with van der Waals surface area (Å²) in [5, 5.41) is 28.5. The van der Waals surface area contributed by atoms with Crippen LogP contribution in [0.15, 0.2) is 54.6 Å². The molecule has 0 bridgehead atoms. The van der Waals surface area contributed by atoms with Crippen LogP contribution in [-0.2, 0) is 0 Å². The average Bonchev–Trinajstić information content (AvgIpc) is 3.74. The fourth-order valence-corrected chi connectivity index (χ4v) is 3.56. The summed E-state index contributed by atoms with van der Waals surface area (Å²) in [6.07, 6.45) is 7.16. The van der Waals surface area contributed by atoms with E-state index in [2.05, 4.69) is 10.6 Å². The lowest BCUT2D eigenvalue weighted by atomic mass is 10.2. The Kier molecular flexibility index (Phi) is 13.5. The maximum Gasteiger partial charge on any atom is 0.304 e. The SMILES string of the molecule is C.NC1CC1.Nc1ccc(Cl)cc1NC1CC1.O=[N+]([O-])c1ccc(Cl)cc1F.O=[N+]([O-])c1ccc(Cl)cc1NC1CC1. The number of nitrogen functional groups attached to an aromatic ring is 1. The average molecular weight is 644 g/mol. The zero-order valence-electron chi connectivity index (χ0n) is 21.9. The van der Waals surface area contributed by atoms with E-state index in [1.54, 1.807) is 12.1 Å². The first kappa shape index (κ1) is 34.8. The zero-order valence-corrected chi connectivity index (χ0v) is 24.1. The van der Waals surface area contributed by atoms with Crippen LogP contribution in [0.25, 0.3) is 0 Å². The molecule has 228 valence electrons. The van der Waals surface area contributed by atoms with E-state index >= 15 is 0 Å². The van der Waals surface area contributed by atoms with E-state index in [4.69, 9.17) is 46.3 Å². The highest BCUT2D eigenvalue weighted by atomic mass is 35.5. The summed E-state index contributed by atoms with van der Waals surface area (Å²) in [6.45, 7) is 0. The van der Waals surface area contributed by atoms with Gasteiger partial charge in [-0.1, -0.05) is 42.2 Å². The van der Waals surface area contributed by atoms with Crippen LogP contribution in [0.2, 0.25) is 15.1 Å². The summed E-state index contributed by atoms with van der Waals surface area (Å²) in [4.78, 5) is 19.5. The van der Waals surface area contributed by atoms with Crippen LogP contribution in [0.3, 0.4) is 0 Å². The summed E-state index contributed by atoms with van der Waals surface area (Å²) < 4.78 is 12.6. The Morgan fingerprint density at radius 2 is 1.12 bits per heavy atom. The van der Waals surface area contributed by atoms with Crippen LogP contribution in [0.4, 0.5) is 32.8 Å². The van der Waals surface area contributed by atoms with Crippen LogP contribution in [0.1, 0.15) is 46.0 Å². The lowest BCUT2D eigenvalue weighted by molar-refractivity contribution is -0.387. The van der Waals surface area contributed by atoms with Crippen molar-refractivity contribution in [2.75, 3.05) is 16.4 Å². The summed E-state index contributed by atoms with van der Waals surface area (Å²) in [7, 11) is 0. The Bertz CT molecular complexity index is 1370. The molecule has 0 atom stereocenters. The fourth-order valence-electron chi connectivity index (χ4n) is 3.06. The van der Waals surface area contributed by atoms with E-state index in [0.29, 0.717) is 28.8 Å². The molecule has 3 aliphatic rings. The van der Waals surface area contributed by atoms with E-state index in [9.17, 15) is 24.6 Å². The second-order valence-corrected chi connectivity index (χ2v) is 11.0. The first-order valence-corrected chi connectivity index (χ1v) is 13.9. The minimum atomic E-state index is -0.914. The van der Waals surface area contributed by atoms with Crippen molar-refractivity contribution in [1.29, 1.82) is 0 Å². The van der Waals surface area contributed by atoms with Crippen LogP contribution in [-0.4, -0.2) is 28.0 Å². The Morgan fingerprint density at radius 3 is 1.55 bits per heavy atom. The van der Waals surface area contributed by atoms with E-state index in [1.165, 1.54) is 43.9 Å². The molecule has 0 aromatic heterocycles. The quantitative estimate of drug-likeness (QED) is 0.118. The predicted molar refractivity (Wildman–Crippen MR) is 169 cm³/mol. The summed E-state index contributed by atoms with van der Waals surface area (Å²) >= 11 is 16.9. The Morgan fingerprint density at radius 1 is 0.714 bits per heavy atom. The Balaban J connectivity index is 0.000000205. The van der Waals surface area contributed by atoms with Gasteiger partial charge < -0.3 is 22.1 Å². The van der Waals surface area contributed by atoms with E-state index in [-0.39, 0.29) is 18.1 Å². The normalized spacial score (nSPS) is 14.7. The molecule has 0 amide bonds. The molecular formula is C28H34Cl3FN6O4. The first-order chi connectivity index (χ1) is 19.4. The molecular weight excluding hydrogens is 610 g/mol. The molecule has 3 aliphatic carbocycles. The molecule has 0 unspecified atom stereocenters. The number of anilines is 3. The number of rotatable bonds is 6. The Labute approximate surface area is 258 Å². The van der Waals surface area contributed by atoms with Gasteiger partial charge in [-0.2, -0.15) is 4.39 Å². The van der Waals surface area contributed by atoms with Crippen molar-refractivity contribution in [2.24, 2.45) is 5.73 Å². The second-order valence-electron chi connectivity index (χ2n) is 9.68. The molecule has 3 aromatic carbocycles. The topological polar surface area (TPSA) is 162 Å². The van der Waals surface area contributed by atoms with Gasteiger partial charge in [0.2, 0.25) is 5.82 Å². The maximum absolute atomic E-state index is 12.6. The van der Waals surface area contributed by atoms with Gasteiger partial charge in [-0.25, -0.2) is 0 Å². The van der Waals surface area contributed by atoms with Gasteiger partial charge in [0.1, 0.15) is 5.69 Å². The van der Waals surface area contributed by atoms with E-state index in [1.807, 2.05) is 12.1 Å². The summed E-state index contributed by atoms with van der Waals surface area (Å²) in [5.41, 5.74) is 12.7. The lowest BCUT2D eigenvalue weighted by Gasteiger charge is -2.07. The summed E-state index contributed by atoms with van der Waals surface area (Å²) in [5.74, 6) is -0.914. The molecule has 0 spiro atoms. The van der Waals surface area contributed by atoms with Gasteiger partial charge in [-0.3, -0.25) is 20.2 Å². The van der Waals surface area contributed by atoms with Gasteiger partial charge >= 0.3 is 5.69 Å². The largest absolute Gasteiger partial charge is 0.397 e. The van der Waals surface area contributed by atoms with Crippen LogP contribution < -0.4 is 22.1 Å². The van der Waals surface area contributed by atoms with E-state index in [0.717, 1.165) is 41.4 Å². The molecule has 14 heteroatoms. The van der Waals surface area contributed by atoms with Crippen LogP contribution >= 0.6 is 34.8 Å². The van der Waals surface area contributed by atoms with Crippen LogP contribution in [0.5, 0.6) is 0 Å². The van der Waals surface area contributed by atoms with Gasteiger partial charge in [0.25, 0.3) is 5.69 Å². The van der Waals surface area contributed by atoms with Gasteiger partial charge in [0.05, 0.1) is 21.2 Å². The number of nitrogens with zero attached hydrogens (tertiary/aromatic N) is 2. The number of hydrogen-bond acceptors (Lipinski definition) is 8. The summed E-state index contributed by atoms with van der Waals surface area (Å²) in [6, 6.07) is 14.8. The number of hydrogen-bond donors (Lipinski definition) is 4. The third kappa shape index (κ3) is 12.6. The molecule has 3 fully saturated rings. The molecule has 6 N–H and O–H groups in total. The van der Waals surface area contributed by atoms with Crippen LogP contribution in [0, 0.1) is 26.0 Å². The minimum absolute atomic E-state index is 0. The fraction of sp³-hybridized carbons (Fsp3) is 0.357. The van der Waals surface area contributed by atoms with Crippen molar-refractivity contribution in [1.82, 2.24) is 0 Å². The second kappa shape index (κ2) is 16.3. The van der Waals surface area contributed by atoms with E-state index < -0.39 is 21.4 Å². The monoisotopic (exact) mass is 642 g/mol. The molecule has 0 saturated heterocycles. The number of nitrogens with two attached hydrogens (primary N) is 2. The highest BCUT2D eigenvalue weighted by Gasteiger charge is 2.25. The van der Waals surface area contributed by atoms with Crippen molar-refractivity contribution in [3.05, 3.63) is 95.7 Å². The highest BCUT2D eigenvalue weighted by molar-refractivity contribution is 6.31. The molecule has 0 heterocycles. The standard InChI is InChI=1S/C9H9ClN2O2.C9H11ClN2.C6H3ClFNO2.C3H7N.CH4/c10-6-1-4-9(12(13)14)8(5-6)11-7-2-3-7;10-6-1-4-8(11)9(5-6)12-7-2-3-7;7-4-1-2-6(9(10)11)5(8)3-4;4-3-1-2-3;/h1,4-5,7,11H,2-3H2;1,4-5,7,12H,2-3,11H2;1-3H;3H,1-2,4H2;1H4. The van der Waals surface area contributed by atoms with Crippen molar-refractivity contribution >= 4 is 63.2 Å². The number of nitro benzene ring substituents is 2. The minimum Gasteiger partial charge on any atom is -0.397 e. The van der Waals surface area contributed by atoms with Gasteiger partial charge in [-0.05, 0) is 81.0 Å². The number of halogens is 4. The number of nitrogens with one attached hydrogen (secondary N) is 2. The zero-order chi connectivity index (χ0) is 30.1. The van der Waals surface area contributed by atoms with Gasteiger partial charge in [-0.15, -0.1) is 0 Å². The van der Waals surface area contributed by atoms with Crippen molar-refractivity contribution in [3.63, 3.8) is 0 Å². The molecule has 3 aromatic rings. The first-order valence-electron chi connectivity index (χ1n) is 12.8. The smallest absolute Gasteiger partial charge is 0.304 e. The number of nitro groups is 2. The molecule has 10 nitrogen and oxygen atoms in total. The van der Waals surface area contributed by atoms with Crippen molar-refractivity contribution in [2.45, 2.75) is 64.1 Å². The molecule has 3 saturated carbocycles. The van der Waals surface area contributed by atoms with Gasteiger partial charge in [0, 0.05) is 45.3 Å². The third-order valence-corrected chi connectivity index (χ3v) is 6.48. The predicted octanol–water partition coefficient (Wildman–Crippen LogP) is 8.45. The molecule has 42 heavy (non-hydrogen) atoms. The number of benzene rings is 3. The van der Waals surface area contributed by atoms with Crippen molar-refractivity contribution in [3.8, 4) is 0 Å². The molecule has 0 aliphatic heterocycles.